The summed E-state index contributed by atoms with van der Waals surface area (Å²) in [5.41, 5.74) is 2.60. The van der Waals surface area contributed by atoms with Crippen molar-refractivity contribution in [1.29, 1.82) is 5.26 Å². The van der Waals surface area contributed by atoms with E-state index < -0.39 is 0 Å². The second kappa shape index (κ2) is 5.68. The van der Waals surface area contributed by atoms with Crippen molar-refractivity contribution in [2.45, 2.75) is 6.54 Å². The van der Waals surface area contributed by atoms with Gasteiger partial charge >= 0.3 is 0 Å². The number of methoxy groups -OCH3 is 1. The van der Waals surface area contributed by atoms with Gasteiger partial charge in [-0.1, -0.05) is 11.6 Å². The van der Waals surface area contributed by atoms with E-state index in [0.29, 0.717) is 23.0 Å². The summed E-state index contributed by atoms with van der Waals surface area (Å²) >= 11 is 6.05. The Hall–Kier alpha value is -2.12. The summed E-state index contributed by atoms with van der Waals surface area (Å²) in [6, 6.07) is 9.53. The van der Waals surface area contributed by atoms with E-state index in [2.05, 4.69) is 11.4 Å². The molecule has 19 heavy (non-hydrogen) atoms. The zero-order chi connectivity index (χ0) is 13.8. The van der Waals surface area contributed by atoms with Crippen molar-refractivity contribution in [3.8, 4) is 11.8 Å². The lowest BCUT2D eigenvalue weighted by atomic mass is 10.2. The van der Waals surface area contributed by atoms with Crippen LogP contribution in [0.4, 0.5) is 5.69 Å². The first-order chi connectivity index (χ1) is 9.13. The molecule has 0 amide bonds. The molecule has 1 aromatic heterocycles. The molecule has 2 rings (SSSR count). The number of nitriles is 1. The number of aromatic nitrogens is 1. The summed E-state index contributed by atoms with van der Waals surface area (Å²) < 4.78 is 6.90. The molecular weight excluding hydrogens is 262 g/mol. The normalized spacial score (nSPS) is 10.0. The van der Waals surface area contributed by atoms with Crippen LogP contribution in [0.1, 0.15) is 11.3 Å². The van der Waals surface area contributed by atoms with Gasteiger partial charge in [0.1, 0.15) is 17.5 Å². The highest BCUT2D eigenvalue weighted by molar-refractivity contribution is 6.32. The van der Waals surface area contributed by atoms with E-state index in [-0.39, 0.29) is 0 Å². The zero-order valence-corrected chi connectivity index (χ0v) is 11.5. The SMILES string of the molecule is COc1ccc(NCc2cc(C#N)n(C)c2)cc1Cl. The van der Waals surface area contributed by atoms with Crippen molar-refractivity contribution in [2.75, 3.05) is 12.4 Å². The molecule has 1 heterocycles. The number of benzene rings is 1. The molecule has 1 aromatic carbocycles. The summed E-state index contributed by atoms with van der Waals surface area (Å²) in [5, 5.41) is 12.7. The van der Waals surface area contributed by atoms with Crippen LogP contribution in [0.2, 0.25) is 5.02 Å². The predicted octanol–water partition coefficient (Wildman–Crippen LogP) is 3.17. The number of halogens is 1. The van der Waals surface area contributed by atoms with E-state index in [0.717, 1.165) is 11.3 Å². The lowest BCUT2D eigenvalue weighted by Gasteiger charge is -2.08. The Morgan fingerprint density at radius 2 is 2.21 bits per heavy atom. The van der Waals surface area contributed by atoms with Gasteiger partial charge in [-0.05, 0) is 29.8 Å². The average Bonchev–Trinajstić information content (AvgIpc) is 2.77. The lowest BCUT2D eigenvalue weighted by Crippen LogP contribution is -1.98. The third-order valence-electron chi connectivity index (χ3n) is 2.82. The van der Waals surface area contributed by atoms with Crippen molar-refractivity contribution in [3.63, 3.8) is 0 Å². The Kier molecular flexibility index (Phi) is 3.98. The molecule has 0 bridgehead atoms. The van der Waals surface area contributed by atoms with Gasteiger partial charge in [0.25, 0.3) is 0 Å². The highest BCUT2D eigenvalue weighted by Gasteiger charge is 2.04. The van der Waals surface area contributed by atoms with Gasteiger partial charge in [-0.3, -0.25) is 0 Å². The van der Waals surface area contributed by atoms with Crippen LogP contribution in [0.15, 0.2) is 30.5 Å². The molecule has 5 heteroatoms. The van der Waals surface area contributed by atoms with Crippen LogP contribution in [0.25, 0.3) is 0 Å². The van der Waals surface area contributed by atoms with Crippen LogP contribution in [0.5, 0.6) is 5.75 Å². The van der Waals surface area contributed by atoms with E-state index in [1.54, 1.807) is 11.7 Å². The molecule has 0 aliphatic heterocycles. The number of nitrogens with one attached hydrogen (secondary N) is 1. The maximum atomic E-state index is 8.89. The van der Waals surface area contributed by atoms with Gasteiger partial charge in [0.15, 0.2) is 0 Å². The number of hydrogen-bond acceptors (Lipinski definition) is 3. The molecule has 0 aliphatic rings. The Morgan fingerprint density at radius 3 is 2.79 bits per heavy atom. The minimum absolute atomic E-state index is 0.568. The lowest BCUT2D eigenvalue weighted by molar-refractivity contribution is 0.415. The maximum Gasteiger partial charge on any atom is 0.137 e. The summed E-state index contributed by atoms with van der Waals surface area (Å²) in [6.45, 7) is 0.637. The van der Waals surface area contributed by atoms with Gasteiger partial charge in [-0.2, -0.15) is 5.26 Å². The number of ether oxygens (including phenoxy) is 1. The minimum atomic E-state index is 0.568. The third-order valence-corrected chi connectivity index (χ3v) is 3.12. The fourth-order valence-corrected chi connectivity index (χ4v) is 2.08. The van der Waals surface area contributed by atoms with Crippen molar-refractivity contribution in [1.82, 2.24) is 4.57 Å². The van der Waals surface area contributed by atoms with Crippen LogP contribution < -0.4 is 10.1 Å². The molecule has 0 unspecified atom stereocenters. The number of aryl methyl sites for hydroxylation is 1. The molecule has 1 N–H and O–H groups in total. The fraction of sp³-hybridized carbons (Fsp3) is 0.214. The van der Waals surface area contributed by atoms with E-state index in [4.69, 9.17) is 21.6 Å². The smallest absolute Gasteiger partial charge is 0.137 e. The van der Waals surface area contributed by atoms with Gasteiger partial charge < -0.3 is 14.6 Å². The Balaban J connectivity index is 2.06. The van der Waals surface area contributed by atoms with E-state index in [1.807, 2.05) is 37.5 Å². The quantitative estimate of drug-likeness (QED) is 0.932. The molecule has 0 atom stereocenters. The number of rotatable bonds is 4. The first kappa shape index (κ1) is 13.3. The molecule has 4 nitrogen and oxygen atoms in total. The minimum Gasteiger partial charge on any atom is -0.495 e. The Bertz CT molecular complexity index is 628. The van der Waals surface area contributed by atoms with Gasteiger partial charge in [0, 0.05) is 25.5 Å². The average molecular weight is 276 g/mol. The monoisotopic (exact) mass is 275 g/mol. The topological polar surface area (TPSA) is 50.0 Å². The van der Waals surface area contributed by atoms with Gasteiger partial charge in [0.2, 0.25) is 0 Å². The van der Waals surface area contributed by atoms with Crippen molar-refractivity contribution >= 4 is 17.3 Å². The summed E-state index contributed by atoms with van der Waals surface area (Å²) in [5.74, 6) is 0.652. The maximum absolute atomic E-state index is 8.89. The summed E-state index contributed by atoms with van der Waals surface area (Å²) in [7, 11) is 3.44. The molecular formula is C14H14ClN3O. The first-order valence-electron chi connectivity index (χ1n) is 5.77. The molecule has 98 valence electrons. The largest absolute Gasteiger partial charge is 0.495 e. The second-order valence-electron chi connectivity index (χ2n) is 4.16. The predicted molar refractivity (Wildman–Crippen MR) is 75.5 cm³/mol. The van der Waals surface area contributed by atoms with Crippen molar-refractivity contribution in [3.05, 3.63) is 46.7 Å². The molecule has 0 saturated heterocycles. The third kappa shape index (κ3) is 3.01. The standard InChI is InChI=1S/C14H14ClN3O/c1-18-9-10(5-12(18)7-16)8-17-11-3-4-14(19-2)13(15)6-11/h3-6,9,17H,8H2,1-2H3. The van der Waals surface area contributed by atoms with Gasteiger partial charge in [-0.15, -0.1) is 0 Å². The number of anilines is 1. The molecule has 2 aromatic rings. The molecule has 0 radical (unpaired) electrons. The highest BCUT2D eigenvalue weighted by atomic mass is 35.5. The fourth-order valence-electron chi connectivity index (χ4n) is 1.82. The second-order valence-corrected chi connectivity index (χ2v) is 4.57. The van der Waals surface area contributed by atoms with Gasteiger partial charge in [0.05, 0.1) is 12.1 Å². The van der Waals surface area contributed by atoms with Crippen molar-refractivity contribution in [2.24, 2.45) is 7.05 Å². The summed E-state index contributed by atoms with van der Waals surface area (Å²) in [6.07, 6.45) is 1.93. The van der Waals surface area contributed by atoms with Crippen LogP contribution in [0, 0.1) is 11.3 Å². The van der Waals surface area contributed by atoms with Crippen LogP contribution in [-0.4, -0.2) is 11.7 Å². The van der Waals surface area contributed by atoms with Gasteiger partial charge in [-0.25, -0.2) is 0 Å². The van der Waals surface area contributed by atoms with E-state index in [9.17, 15) is 0 Å². The molecule has 0 fully saturated rings. The zero-order valence-electron chi connectivity index (χ0n) is 10.8. The van der Waals surface area contributed by atoms with Crippen LogP contribution >= 0.6 is 11.6 Å². The van der Waals surface area contributed by atoms with Crippen LogP contribution in [0.3, 0.4) is 0 Å². The Labute approximate surface area is 117 Å². The van der Waals surface area contributed by atoms with E-state index >= 15 is 0 Å². The number of nitrogens with zero attached hydrogens (tertiary/aromatic N) is 2. The van der Waals surface area contributed by atoms with E-state index in [1.165, 1.54) is 0 Å². The molecule has 0 aliphatic carbocycles. The van der Waals surface area contributed by atoms with Crippen molar-refractivity contribution < 1.29 is 4.74 Å². The summed E-state index contributed by atoms with van der Waals surface area (Å²) in [4.78, 5) is 0. The first-order valence-corrected chi connectivity index (χ1v) is 6.14. The number of hydrogen-bond donors (Lipinski definition) is 1. The molecule has 0 spiro atoms. The van der Waals surface area contributed by atoms with Crippen LogP contribution in [-0.2, 0) is 13.6 Å². The highest BCUT2D eigenvalue weighted by Crippen LogP contribution is 2.27. The molecule has 0 saturated carbocycles. The Morgan fingerprint density at radius 1 is 1.42 bits per heavy atom.